The molecule has 2 aromatic rings. The molecular weight excluding hydrogens is 164 g/mol. The van der Waals surface area contributed by atoms with Gasteiger partial charge in [-0.25, -0.2) is 0 Å². The van der Waals surface area contributed by atoms with Crippen molar-refractivity contribution in [3.05, 3.63) is 33.1 Å². The summed E-state index contributed by atoms with van der Waals surface area (Å²) >= 11 is 3.24. The molecular formula is C7H4OS2. The molecule has 50 valence electrons. The summed E-state index contributed by atoms with van der Waals surface area (Å²) in [6, 6.07) is 3.48. The molecule has 2 heterocycles. The largest absolute Gasteiger partial charge is 0.289 e. The zero-order valence-corrected chi connectivity index (χ0v) is 6.67. The highest BCUT2D eigenvalue weighted by Crippen LogP contribution is 2.20. The highest BCUT2D eigenvalue weighted by molar-refractivity contribution is 7.36. The lowest BCUT2D eigenvalue weighted by molar-refractivity contribution is 1.77. The third kappa shape index (κ3) is 0.786. The van der Waals surface area contributed by atoms with Crippen molar-refractivity contribution in [1.29, 1.82) is 0 Å². The second-order valence-corrected chi connectivity index (χ2v) is 4.00. The van der Waals surface area contributed by atoms with Crippen LogP contribution < -0.4 is 5.43 Å². The molecule has 0 aliphatic rings. The van der Waals surface area contributed by atoms with E-state index in [2.05, 4.69) is 0 Å². The van der Waals surface area contributed by atoms with Gasteiger partial charge in [0.25, 0.3) is 0 Å². The van der Waals surface area contributed by atoms with E-state index in [0.29, 0.717) is 0 Å². The average Bonchev–Trinajstić information content (AvgIpc) is 2.36. The van der Waals surface area contributed by atoms with Gasteiger partial charge in [0.1, 0.15) is 0 Å². The lowest BCUT2D eigenvalue weighted by atomic mass is 10.4. The van der Waals surface area contributed by atoms with Crippen molar-refractivity contribution in [2.45, 2.75) is 0 Å². The van der Waals surface area contributed by atoms with Crippen molar-refractivity contribution in [3.63, 3.8) is 0 Å². The molecule has 0 saturated heterocycles. The zero-order chi connectivity index (χ0) is 6.97. The maximum atomic E-state index is 11.1. The van der Waals surface area contributed by atoms with Crippen LogP contribution in [0.3, 0.4) is 0 Å². The van der Waals surface area contributed by atoms with E-state index >= 15 is 0 Å². The van der Waals surface area contributed by atoms with Crippen LogP contribution >= 0.6 is 22.7 Å². The first-order valence-corrected chi connectivity index (χ1v) is 4.59. The fraction of sp³-hybridized carbons (Fsp3) is 0. The van der Waals surface area contributed by atoms with Crippen molar-refractivity contribution < 1.29 is 0 Å². The Bertz CT molecular complexity index is 399. The van der Waals surface area contributed by atoms with Crippen molar-refractivity contribution in [2.75, 3.05) is 0 Å². The molecule has 2 rings (SSSR count). The maximum Gasteiger partial charge on any atom is 0.188 e. The Balaban J connectivity index is 3.09. The SMILES string of the molecule is O=c1ccsc2sccc12. The van der Waals surface area contributed by atoms with E-state index in [1.807, 2.05) is 16.8 Å². The van der Waals surface area contributed by atoms with E-state index in [9.17, 15) is 4.79 Å². The first-order valence-electron chi connectivity index (χ1n) is 2.83. The predicted octanol–water partition coefficient (Wildman–Crippen LogP) is 2.32. The minimum Gasteiger partial charge on any atom is -0.289 e. The molecule has 0 spiro atoms. The van der Waals surface area contributed by atoms with Gasteiger partial charge in [-0.15, -0.1) is 22.7 Å². The van der Waals surface area contributed by atoms with E-state index in [4.69, 9.17) is 0 Å². The molecule has 0 N–H and O–H groups in total. The molecule has 0 amide bonds. The second-order valence-electron chi connectivity index (χ2n) is 1.91. The van der Waals surface area contributed by atoms with Crippen LogP contribution in [-0.2, 0) is 0 Å². The first kappa shape index (κ1) is 6.07. The average molecular weight is 168 g/mol. The Labute approximate surface area is 65.6 Å². The van der Waals surface area contributed by atoms with Crippen LogP contribution in [0.2, 0.25) is 0 Å². The smallest absolute Gasteiger partial charge is 0.188 e. The van der Waals surface area contributed by atoms with Gasteiger partial charge < -0.3 is 0 Å². The van der Waals surface area contributed by atoms with E-state index in [1.54, 1.807) is 28.7 Å². The van der Waals surface area contributed by atoms with Gasteiger partial charge in [0.05, 0.1) is 9.40 Å². The van der Waals surface area contributed by atoms with E-state index in [-0.39, 0.29) is 5.43 Å². The minimum absolute atomic E-state index is 0.134. The van der Waals surface area contributed by atoms with Gasteiger partial charge in [-0.2, -0.15) is 0 Å². The van der Waals surface area contributed by atoms with E-state index in [0.717, 1.165) is 9.40 Å². The lowest BCUT2D eigenvalue weighted by Gasteiger charge is -1.80. The molecule has 0 saturated carbocycles. The van der Waals surface area contributed by atoms with Gasteiger partial charge >= 0.3 is 0 Å². The minimum atomic E-state index is 0.134. The van der Waals surface area contributed by atoms with Crippen LogP contribution in [0.1, 0.15) is 0 Å². The molecule has 3 heteroatoms. The highest BCUT2D eigenvalue weighted by atomic mass is 32.2. The lowest BCUT2D eigenvalue weighted by Crippen LogP contribution is -1.93. The fourth-order valence-corrected chi connectivity index (χ4v) is 2.61. The number of thiophene rings is 1. The fourth-order valence-electron chi connectivity index (χ4n) is 0.817. The van der Waals surface area contributed by atoms with Gasteiger partial charge in [-0.05, 0) is 22.9 Å². The van der Waals surface area contributed by atoms with E-state index < -0.39 is 0 Å². The Morgan fingerprint density at radius 1 is 1.10 bits per heavy atom. The number of rotatable bonds is 0. The molecule has 0 aliphatic heterocycles. The summed E-state index contributed by atoms with van der Waals surface area (Å²) in [5.74, 6) is 0. The Hall–Kier alpha value is -0.670. The summed E-state index contributed by atoms with van der Waals surface area (Å²) in [7, 11) is 0. The Kier molecular flexibility index (Phi) is 1.32. The van der Waals surface area contributed by atoms with Crippen LogP contribution in [0, 0.1) is 0 Å². The van der Waals surface area contributed by atoms with Crippen LogP contribution in [0.25, 0.3) is 9.40 Å². The third-order valence-corrected chi connectivity index (χ3v) is 3.28. The molecule has 2 aromatic heterocycles. The van der Waals surface area contributed by atoms with Crippen molar-refractivity contribution in [1.82, 2.24) is 0 Å². The molecule has 0 fully saturated rings. The van der Waals surface area contributed by atoms with Crippen LogP contribution in [0.5, 0.6) is 0 Å². The van der Waals surface area contributed by atoms with E-state index in [1.165, 1.54) is 0 Å². The van der Waals surface area contributed by atoms with Crippen molar-refractivity contribution >= 4 is 32.1 Å². The molecule has 0 atom stereocenters. The summed E-state index contributed by atoms with van der Waals surface area (Å²) in [6.07, 6.45) is 0. The number of hydrogen-bond donors (Lipinski definition) is 0. The maximum absolute atomic E-state index is 11.1. The standard InChI is InChI=1S/C7H4OS2/c8-6-2-4-10-7-5(6)1-3-9-7/h1-4H. The molecule has 1 nitrogen and oxygen atoms in total. The van der Waals surface area contributed by atoms with Crippen LogP contribution in [0.15, 0.2) is 27.7 Å². The topological polar surface area (TPSA) is 17.1 Å². The van der Waals surface area contributed by atoms with Gasteiger partial charge in [-0.3, -0.25) is 4.79 Å². The van der Waals surface area contributed by atoms with Crippen molar-refractivity contribution in [2.24, 2.45) is 0 Å². The number of fused-ring (bicyclic) bond motifs is 1. The summed E-state index contributed by atoms with van der Waals surface area (Å²) < 4.78 is 1.12. The van der Waals surface area contributed by atoms with Crippen LogP contribution in [-0.4, -0.2) is 0 Å². The molecule has 0 bridgehead atoms. The molecule has 10 heavy (non-hydrogen) atoms. The summed E-state index contributed by atoms with van der Waals surface area (Å²) in [6.45, 7) is 0. The Morgan fingerprint density at radius 2 is 1.80 bits per heavy atom. The normalized spacial score (nSPS) is 10.4. The molecule has 0 unspecified atom stereocenters. The zero-order valence-electron chi connectivity index (χ0n) is 5.03. The summed E-state index contributed by atoms with van der Waals surface area (Å²) in [5.41, 5.74) is 0.134. The second kappa shape index (κ2) is 2.18. The molecule has 0 aliphatic carbocycles. The third-order valence-electron chi connectivity index (χ3n) is 1.29. The number of hydrogen-bond acceptors (Lipinski definition) is 3. The van der Waals surface area contributed by atoms with Gasteiger partial charge in [0.15, 0.2) is 5.43 Å². The quantitative estimate of drug-likeness (QED) is 0.590. The highest BCUT2D eigenvalue weighted by Gasteiger charge is 1.96. The van der Waals surface area contributed by atoms with Gasteiger partial charge in [0, 0.05) is 0 Å². The first-order chi connectivity index (χ1) is 4.88. The summed E-state index contributed by atoms with van der Waals surface area (Å²) in [4.78, 5) is 11.1. The van der Waals surface area contributed by atoms with Crippen LogP contribution in [0.4, 0.5) is 0 Å². The van der Waals surface area contributed by atoms with Gasteiger partial charge in [0.2, 0.25) is 0 Å². The Morgan fingerprint density at radius 3 is 2.50 bits per heavy atom. The molecule has 0 aromatic carbocycles. The predicted molar refractivity (Wildman–Crippen MR) is 46.0 cm³/mol. The van der Waals surface area contributed by atoms with Crippen molar-refractivity contribution in [3.8, 4) is 0 Å². The monoisotopic (exact) mass is 168 g/mol. The van der Waals surface area contributed by atoms with Gasteiger partial charge in [-0.1, -0.05) is 0 Å². The summed E-state index contributed by atoms with van der Waals surface area (Å²) in [5, 5.41) is 4.64. The molecule has 0 radical (unpaired) electrons.